The third-order valence-electron chi connectivity index (χ3n) is 5.92. The molecule has 0 aromatic rings. The van der Waals surface area contributed by atoms with Crippen molar-refractivity contribution < 1.29 is 23.9 Å². The summed E-state index contributed by atoms with van der Waals surface area (Å²) in [4.78, 5) is 38.3. The molecule has 35 heavy (non-hydrogen) atoms. The molecule has 0 unspecified atom stereocenters. The quantitative estimate of drug-likeness (QED) is 0.0517. The lowest BCUT2D eigenvalue weighted by Gasteiger charge is -2.22. The minimum Gasteiger partial charge on any atom is -0.466 e. The van der Waals surface area contributed by atoms with Gasteiger partial charge in [-0.3, -0.25) is 14.4 Å². The number of rotatable bonds is 25. The summed E-state index contributed by atoms with van der Waals surface area (Å²) in [5.41, 5.74) is 0. The summed E-state index contributed by atoms with van der Waals surface area (Å²) in [6, 6.07) is 0. The van der Waals surface area contributed by atoms with Gasteiger partial charge in [0.2, 0.25) is 5.91 Å². The molecule has 7 nitrogen and oxygen atoms in total. The third kappa shape index (κ3) is 23.6. The first-order valence-electron chi connectivity index (χ1n) is 13.8. The standard InChI is InChI=1S/C28H52N2O5/c1-4-5-6-7-8-9-10-11-12-13-14-15-16-17-18-21-28(33)35-25-30(23-24-34-26-31)27(32)20-19-22-29(2)3/h11-12,26H,4-10,13-25H2,1-3H3/b12-11-. The van der Waals surface area contributed by atoms with Crippen molar-refractivity contribution >= 4 is 18.3 Å². The maximum atomic E-state index is 12.4. The average Bonchev–Trinajstić information content (AvgIpc) is 2.83. The molecule has 204 valence electrons. The van der Waals surface area contributed by atoms with Crippen LogP contribution in [0.2, 0.25) is 0 Å². The van der Waals surface area contributed by atoms with Gasteiger partial charge in [0.1, 0.15) is 6.61 Å². The minimum absolute atomic E-state index is 0.0904. The molecule has 0 fully saturated rings. The highest BCUT2D eigenvalue weighted by molar-refractivity contribution is 5.76. The molecule has 0 saturated carbocycles. The van der Waals surface area contributed by atoms with Crippen molar-refractivity contribution in [3.8, 4) is 0 Å². The Morgan fingerprint density at radius 3 is 1.94 bits per heavy atom. The van der Waals surface area contributed by atoms with Crippen molar-refractivity contribution in [2.45, 2.75) is 110 Å². The molecular formula is C28H52N2O5. The molecule has 0 heterocycles. The van der Waals surface area contributed by atoms with Crippen LogP contribution in [0.3, 0.4) is 0 Å². The number of carbonyl (C=O) groups is 3. The molecule has 0 aliphatic rings. The number of nitrogens with zero attached hydrogens (tertiary/aromatic N) is 2. The van der Waals surface area contributed by atoms with Crippen molar-refractivity contribution in [1.29, 1.82) is 0 Å². The van der Waals surface area contributed by atoms with Crippen LogP contribution in [0.25, 0.3) is 0 Å². The third-order valence-corrected chi connectivity index (χ3v) is 5.92. The molecule has 0 radical (unpaired) electrons. The van der Waals surface area contributed by atoms with E-state index in [0.29, 0.717) is 19.3 Å². The molecule has 0 bridgehead atoms. The smallest absolute Gasteiger partial charge is 0.307 e. The number of hydrogen-bond acceptors (Lipinski definition) is 6. The first kappa shape index (κ1) is 33.1. The molecule has 0 N–H and O–H groups in total. The van der Waals surface area contributed by atoms with Crippen molar-refractivity contribution in [3.05, 3.63) is 12.2 Å². The Kier molecular flexibility index (Phi) is 23.8. The van der Waals surface area contributed by atoms with Gasteiger partial charge in [0, 0.05) is 12.8 Å². The SMILES string of the molecule is CCCCCCCC/C=C\CCCCCCCC(=O)OCN(CCOC=O)C(=O)CCCN(C)C. The van der Waals surface area contributed by atoms with E-state index in [-0.39, 0.29) is 31.8 Å². The van der Waals surface area contributed by atoms with E-state index in [2.05, 4.69) is 19.1 Å². The summed E-state index contributed by atoms with van der Waals surface area (Å²) in [7, 11) is 3.91. The van der Waals surface area contributed by atoms with Crippen LogP contribution in [-0.2, 0) is 23.9 Å². The second-order valence-corrected chi connectivity index (χ2v) is 9.51. The first-order chi connectivity index (χ1) is 17.0. The number of amides is 1. The second-order valence-electron chi connectivity index (χ2n) is 9.51. The minimum atomic E-state index is -0.287. The van der Waals surface area contributed by atoms with E-state index in [0.717, 1.165) is 38.6 Å². The van der Waals surface area contributed by atoms with Crippen LogP contribution in [-0.4, -0.2) is 68.7 Å². The van der Waals surface area contributed by atoms with Crippen molar-refractivity contribution in [2.75, 3.05) is 40.5 Å². The highest BCUT2D eigenvalue weighted by Crippen LogP contribution is 2.10. The van der Waals surface area contributed by atoms with Gasteiger partial charge in [-0.2, -0.15) is 0 Å². The van der Waals surface area contributed by atoms with Crippen LogP contribution >= 0.6 is 0 Å². The number of unbranched alkanes of at least 4 members (excludes halogenated alkanes) is 11. The lowest BCUT2D eigenvalue weighted by atomic mass is 10.1. The van der Waals surface area contributed by atoms with Crippen molar-refractivity contribution in [3.63, 3.8) is 0 Å². The number of esters is 1. The van der Waals surface area contributed by atoms with Crippen molar-refractivity contribution in [2.24, 2.45) is 0 Å². The van der Waals surface area contributed by atoms with Gasteiger partial charge >= 0.3 is 5.97 Å². The predicted octanol–water partition coefficient (Wildman–Crippen LogP) is 5.87. The largest absolute Gasteiger partial charge is 0.466 e. The van der Waals surface area contributed by atoms with Gasteiger partial charge in [-0.05, 0) is 59.2 Å². The van der Waals surface area contributed by atoms with Gasteiger partial charge < -0.3 is 19.3 Å². The molecule has 0 aliphatic carbocycles. The van der Waals surface area contributed by atoms with Gasteiger partial charge in [0.05, 0.1) is 6.54 Å². The van der Waals surface area contributed by atoms with Crippen LogP contribution in [0, 0.1) is 0 Å². The Labute approximate surface area is 214 Å². The lowest BCUT2D eigenvalue weighted by molar-refractivity contribution is -0.154. The zero-order valence-electron chi connectivity index (χ0n) is 22.8. The fourth-order valence-corrected chi connectivity index (χ4v) is 3.74. The topological polar surface area (TPSA) is 76.1 Å². The highest BCUT2D eigenvalue weighted by Gasteiger charge is 2.15. The van der Waals surface area contributed by atoms with E-state index in [9.17, 15) is 14.4 Å². The maximum absolute atomic E-state index is 12.4. The van der Waals surface area contributed by atoms with E-state index in [1.807, 2.05) is 19.0 Å². The van der Waals surface area contributed by atoms with E-state index >= 15 is 0 Å². The molecule has 0 saturated heterocycles. The summed E-state index contributed by atoms with van der Waals surface area (Å²) in [6.07, 6.45) is 21.9. The van der Waals surface area contributed by atoms with E-state index in [4.69, 9.17) is 9.47 Å². The molecule has 0 atom stereocenters. The summed E-state index contributed by atoms with van der Waals surface area (Å²) in [5.74, 6) is -0.389. The Balaban J connectivity index is 3.81. The van der Waals surface area contributed by atoms with E-state index in [1.165, 1.54) is 62.7 Å². The van der Waals surface area contributed by atoms with Gasteiger partial charge in [0.15, 0.2) is 6.73 Å². The number of hydrogen-bond donors (Lipinski definition) is 0. The van der Waals surface area contributed by atoms with Crippen molar-refractivity contribution in [1.82, 2.24) is 9.80 Å². The van der Waals surface area contributed by atoms with E-state index in [1.54, 1.807) is 0 Å². The van der Waals surface area contributed by atoms with Gasteiger partial charge in [-0.15, -0.1) is 0 Å². The first-order valence-corrected chi connectivity index (χ1v) is 13.8. The molecule has 0 aromatic carbocycles. The summed E-state index contributed by atoms with van der Waals surface area (Å²) in [6.45, 7) is 3.64. The Hall–Kier alpha value is -1.89. The molecule has 0 aliphatic heterocycles. The van der Waals surface area contributed by atoms with Crippen LogP contribution in [0.1, 0.15) is 110 Å². The number of allylic oxidation sites excluding steroid dienone is 2. The average molecular weight is 497 g/mol. The van der Waals surface area contributed by atoms with Crippen LogP contribution < -0.4 is 0 Å². The Bertz CT molecular complexity index is 551. The summed E-state index contributed by atoms with van der Waals surface area (Å²) < 4.78 is 10.0. The van der Waals surface area contributed by atoms with Crippen LogP contribution in [0.4, 0.5) is 0 Å². The molecule has 1 amide bonds. The fraction of sp³-hybridized carbons (Fsp3) is 0.821. The lowest BCUT2D eigenvalue weighted by Crippen LogP contribution is -2.37. The van der Waals surface area contributed by atoms with Crippen LogP contribution in [0.5, 0.6) is 0 Å². The molecule has 0 aromatic heterocycles. The predicted molar refractivity (Wildman–Crippen MR) is 142 cm³/mol. The number of carbonyl (C=O) groups excluding carboxylic acids is 3. The zero-order chi connectivity index (χ0) is 26.0. The van der Waals surface area contributed by atoms with Gasteiger partial charge in [-0.1, -0.05) is 70.4 Å². The Morgan fingerprint density at radius 2 is 1.34 bits per heavy atom. The second kappa shape index (κ2) is 25.2. The monoisotopic (exact) mass is 496 g/mol. The maximum Gasteiger partial charge on any atom is 0.307 e. The number of ether oxygens (including phenoxy) is 2. The van der Waals surface area contributed by atoms with Crippen LogP contribution in [0.15, 0.2) is 12.2 Å². The Morgan fingerprint density at radius 1 is 0.743 bits per heavy atom. The molecular weight excluding hydrogens is 444 g/mol. The zero-order valence-corrected chi connectivity index (χ0v) is 22.8. The summed E-state index contributed by atoms with van der Waals surface area (Å²) in [5, 5.41) is 0. The van der Waals surface area contributed by atoms with Gasteiger partial charge in [-0.25, -0.2) is 0 Å². The molecule has 7 heteroatoms. The summed E-state index contributed by atoms with van der Waals surface area (Å²) >= 11 is 0. The molecule has 0 spiro atoms. The van der Waals surface area contributed by atoms with E-state index < -0.39 is 0 Å². The highest BCUT2D eigenvalue weighted by atomic mass is 16.5. The fourth-order valence-electron chi connectivity index (χ4n) is 3.74. The normalized spacial score (nSPS) is 11.2. The molecule has 0 rings (SSSR count). The van der Waals surface area contributed by atoms with Gasteiger partial charge in [0.25, 0.3) is 6.47 Å².